The molecule has 4 nitrogen and oxygen atoms in total. The average Bonchev–Trinajstić information content (AvgIpc) is 2.62. The summed E-state index contributed by atoms with van der Waals surface area (Å²) in [4.78, 5) is 0. The molecule has 1 saturated carbocycles. The van der Waals surface area contributed by atoms with E-state index in [0.717, 1.165) is 23.6 Å². The molecule has 3 rings (SSSR count). The zero-order valence-electron chi connectivity index (χ0n) is 11.9. The van der Waals surface area contributed by atoms with Crippen molar-refractivity contribution in [3.63, 3.8) is 0 Å². The number of hydrogen-bond donors (Lipinski definition) is 2. The highest BCUT2D eigenvalue weighted by Crippen LogP contribution is 2.44. The van der Waals surface area contributed by atoms with Crippen molar-refractivity contribution in [3.8, 4) is 11.5 Å². The lowest BCUT2D eigenvalue weighted by Gasteiger charge is -2.49. The number of anilines is 1. The van der Waals surface area contributed by atoms with Crippen LogP contribution in [0.1, 0.15) is 34.1 Å². The maximum Gasteiger partial charge on any atom is 0.246 e. The van der Waals surface area contributed by atoms with Crippen LogP contribution < -0.4 is 14.8 Å². The molecule has 0 saturated heterocycles. The summed E-state index contributed by atoms with van der Waals surface area (Å²) in [6, 6.07) is 6.17. The van der Waals surface area contributed by atoms with Crippen molar-refractivity contribution in [1.82, 2.24) is 0 Å². The first kappa shape index (κ1) is 12.6. The fraction of sp³-hybridized carbons (Fsp3) is 0.600. The van der Waals surface area contributed by atoms with Crippen LogP contribution in [0, 0.1) is 5.41 Å². The summed E-state index contributed by atoms with van der Waals surface area (Å²) in [6.45, 7) is 7.95. The molecule has 1 fully saturated rings. The lowest BCUT2D eigenvalue weighted by molar-refractivity contribution is -0.0510. The molecule has 1 aromatic rings. The Kier molecular flexibility index (Phi) is 2.52. The molecule has 1 heterocycles. The number of rotatable bonds is 2. The first-order valence-corrected chi connectivity index (χ1v) is 6.75. The smallest absolute Gasteiger partial charge is 0.246 e. The minimum Gasteiger partial charge on any atom is -0.449 e. The van der Waals surface area contributed by atoms with Gasteiger partial charge in [0.2, 0.25) is 5.79 Å². The molecule has 2 aliphatic rings. The fourth-order valence-electron chi connectivity index (χ4n) is 2.66. The third kappa shape index (κ3) is 2.04. The van der Waals surface area contributed by atoms with Crippen LogP contribution in [0.4, 0.5) is 5.69 Å². The van der Waals surface area contributed by atoms with Gasteiger partial charge in [0.15, 0.2) is 11.5 Å². The number of ether oxygens (including phenoxy) is 2. The van der Waals surface area contributed by atoms with E-state index in [4.69, 9.17) is 9.47 Å². The molecule has 1 aromatic carbocycles. The van der Waals surface area contributed by atoms with E-state index in [2.05, 4.69) is 19.2 Å². The van der Waals surface area contributed by atoms with E-state index in [0.29, 0.717) is 0 Å². The molecule has 0 amide bonds. The topological polar surface area (TPSA) is 50.7 Å². The van der Waals surface area contributed by atoms with Gasteiger partial charge >= 0.3 is 0 Å². The second kappa shape index (κ2) is 3.79. The lowest BCUT2D eigenvalue weighted by Crippen LogP contribution is -2.56. The van der Waals surface area contributed by atoms with Gasteiger partial charge in [0.25, 0.3) is 0 Å². The van der Waals surface area contributed by atoms with Crippen molar-refractivity contribution in [1.29, 1.82) is 0 Å². The maximum absolute atomic E-state index is 9.76. The average molecular weight is 263 g/mol. The van der Waals surface area contributed by atoms with E-state index in [9.17, 15) is 5.11 Å². The van der Waals surface area contributed by atoms with Crippen molar-refractivity contribution in [2.75, 3.05) is 5.32 Å². The van der Waals surface area contributed by atoms with E-state index in [-0.39, 0.29) is 17.6 Å². The lowest BCUT2D eigenvalue weighted by atomic mass is 9.64. The Bertz CT molecular complexity index is 510. The van der Waals surface area contributed by atoms with E-state index in [1.54, 1.807) is 0 Å². The summed E-state index contributed by atoms with van der Waals surface area (Å²) in [5, 5.41) is 13.2. The van der Waals surface area contributed by atoms with Gasteiger partial charge in [-0.2, -0.15) is 0 Å². The molecule has 19 heavy (non-hydrogen) atoms. The molecule has 2 N–H and O–H groups in total. The van der Waals surface area contributed by atoms with E-state index >= 15 is 0 Å². The molecular formula is C15H21NO3. The second-order valence-electron chi connectivity index (χ2n) is 6.54. The largest absolute Gasteiger partial charge is 0.449 e. The summed E-state index contributed by atoms with van der Waals surface area (Å²) in [7, 11) is 0. The molecule has 2 unspecified atom stereocenters. The van der Waals surface area contributed by atoms with E-state index < -0.39 is 5.79 Å². The molecule has 1 aliphatic heterocycles. The van der Waals surface area contributed by atoms with Crippen LogP contribution in [0.5, 0.6) is 11.5 Å². The Morgan fingerprint density at radius 3 is 2.47 bits per heavy atom. The third-order valence-electron chi connectivity index (χ3n) is 4.21. The normalized spacial score (nSPS) is 29.7. The maximum atomic E-state index is 9.76. The zero-order valence-corrected chi connectivity index (χ0v) is 11.9. The number of fused-ring (bicyclic) bond motifs is 1. The van der Waals surface area contributed by atoms with Gasteiger partial charge in [-0.05, 0) is 18.6 Å². The van der Waals surface area contributed by atoms with Crippen molar-refractivity contribution in [3.05, 3.63) is 18.2 Å². The highest BCUT2D eigenvalue weighted by Gasteiger charge is 2.47. The Morgan fingerprint density at radius 2 is 1.84 bits per heavy atom. The summed E-state index contributed by atoms with van der Waals surface area (Å²) < 4.78 is 11.4. The van der Waals surface area contributed by atoms with Crippen LogP contribution >= 0.6 is 0 Å². The van der Waals surface area contributed by atoms with Crippen LogP contribution in [0.3, 0.4) is 0 Å². The number of aliphatic hydroxyl groups excluding tert-OH is 1. The van der Waals surface area contributed by atoms with Crippen LogP contribution in [0.25, 0.3) is 0 Å². The number of hydrogen-bond acceptors (Lipinski definition) is 4. The van der Waals surface area contributed by atoms with Crippen molar-refractivity contribution in [2.45, 2.75) is 52.0 Å². The Hall–Kier alpha value is -1.42. The molecule has 0 bridgehead atoms. The molecule has 4 heteroatoms. The van der Waals surface area contributed by atoms with Crippen molar-refractivity contribution < 1.29 is 14.6 Å². The number of benzene rings is 1. The summed E-state index contributed by atoms with van der Waals surface area (Å²) >= 11 is 0. The van der Waals surface area contributed by atoms with E-state index in [1.807, 2.05) is 32.0 Å². The Labute approximate surface area is 113 Å². The highest BCUT2D eigenvalue weighted by atomic mass is 16.7. The Morgan fingerprint density at radius 1 is 1.16 bits per heavy atom. The predicted molar refractivity (Wildman–Crippen MR) is 73.6 cm³/mol. The van der Waals surface area contributed by atoms with Gasteiger partial charge in [-0.15, -0.1) is 0 Å². The SMILES string of the molecule is CC1(C)Oc2ccc(NC3CC(O)C3(C)C)cc2O1. The molecule has 0 spiro atoms. The summed E-state index contributed by atoms with van der Waals surface area (Å²) in [6.07, 6.45) is 0.561. The van der Waals surface area contributed by atoms with Gasteiger partial charge in [0.05, 0.1) is 6.10 Å². The second-order valence-corrected chi connectivity index (χ2v) is 6.54. The van der Waals surface area contributed by atoms with Crippen molar-refractivity contribution >= 4 is 5.69 Å². The van der Waals surface area contributed by atoms with E-state index in [1.165, 1.54) is 0 Å². The fourth-order valence-corrected chi connectivity index (χ4v) is 2.66. The molecule has 2 atom stereocenters. The minimum atomic E-state index is -0.590. The number of aliphatic hydroxyl groups is 1. The number of nitrogens with one attached hydrogen (secondary N) is 1. The highest BCUT2D eigenvalue weighted by molar-refractivity contribution is 5.57. The van der Waals surface area contributed by atoms with Gasteiger partial charge in [-0.1, -0.05) is 13.8 Å². The molecule has 104 valence electrons. The zero-order chi connectivity index (χ0) is 13.8. The van der Waals surface area contributed by atoms with Gasteiger partial charge < -0.3 is 19.9 Å². The van der Waals surface area contributed by atoms with Gasteiger partial charge in [0, 0.05) is 37.1 Å². The van der Waals surface area contributed by atoms with Gasteiger partial charge in [0.1, 0.15) is 0 Å². The summed E-state index contributed by atoms with van der Waals surface area (Å²) in [5.41, 5.74) is 0.917. The monoisotopic (exact) mass is 263 g/mol. The quantitative estimate of drug-likeness (QED) is 0.861. The van der Waals surface area contributed by atoms with Crippen LogP contribution in [-0.4, -0.2) is 23.0 Å². The van der Waals surface area contributed by atoms with Crippen LogP contribution in [-0.2, 0) is 0 Å². The molecule has 1 aliphatic carbocycles. The molecular weight excluding hydrogens is 242 g/mol. The standard InChI is InChI=1S/C15H21NO3/c1-14(2)12(8-13(14)17)16-9-5-6-10-11(7-9)19-15(3,4)18-10/h5-7,12-13,16-17H,8H2,1-4H3. The summed E-state index contributed by atoms with van der Waals surface area (Å²) in [5.74, 6) is 0.962. The van der Waals surface area contributed by atoms with Gasteiger partial charge in [-0.3, -0.25) is 0 Å². The third-order valence-corrected chi connectivity index (χ3v) is 4.21. The van der Waals surface area contributed by atoms with Gasteiger partial charge in [-0.25, -0.2) is 0 Å². The Balaban J connectivity index is 1.75. The molecule has 0 aromatic heterocycles. The first-order valence-electron chi connectivity index (χ1n) is 6.75. The van der Waals surface area contributed by atoms with Crippen LogP contribution in [0.15, 0.2) is 18.2 Å². The van der Waals surface area contributed by atoms with Crippen LogP contribution in [0.2, 0.25) is 0 Å². The predicted octanol–water partition coefficient (Wildman–Crippen LogP) is 2.77. The minimum absolute atomic E-state index is 0.0877. The molecule has 0 radical (unpaired) electrons. The van der Waals surface area contributed by atoms with Crippen molar-refractivity contribution in [2.24, 2.45) is 5.41 Å². The first-order chi connectivity index (χ1) is 8.78.